The number of carbonyl (C=O) groups is 1. The molecular formula is C21H23ClN4O4. The Balaban J connectivity index is 1.92. The minimum atomic E-state index is -0.408. The first-order valence-corrected chi connectivity index (χ1v) is 9.55. The summed E-state index contributed by atoms with van der Waals surface area (Å²) < 4.78 is 17.6. The highest BCUT2D eigenvalue weighted by Crippen LogP contribution is 2.31. The maximum atomic E-state index is 13.0. The summed E-state index contributed by atoms with van der Waals surface area (Å²) in [5.74, 6) is 0.807. The van der Waals surface area contributed by atoms with E-state index in [-0.39, 0.29) is 11.4 Å². The molecular weight excluding hydrogens is 408 g/mol. The van der Waals surface area contributed by atoms with E-state index in [1.807, 2.05) is 18.2 Å². The topological polar surface area (TPSA) is 101 Å². The number of anilines is 2. The third kappa shape index (κ3) is 4.50. The van der Waals surface area contributed by atoms with Crippen LogP contribution in [0.25, 0.3) is 5.69 Å². The fourth-order valence-electron chi connectivity index (χ4n) is 2.95. The predicted molar refractivity (Wildman–Crippen MR) is 116 cm³/mol. The van der Waals surface area contributed by atoms with Gasteiger partial charge in [0.25, 0.3) is 5.91 Å². The Morgan fingerprint density at radius 3 is 2.67 bits per heavy atom. The van der Waals surface area contributed by atoms with Gasteiger partial charge >= 0.3 is 0 Å². The molecule has 0 radical (unpaired) electrons. The molecule has 9 heteroatoms. The predicted octanol–water partition coefficient (Wildman–Crippen LogP) is 3.70. The number of amides is 1. The van der Waals surface area contributed by atoms with Crippen LogP contribution in [0, 0.1) is 6.92 Å². The van der Waals surface area contributed by atoms with E-state index in [4.69, 9.17) is 31.5 Å². The van der Waals surface area contributed by atoms with Crippen LogP contribution in [-0.2, 0) is 4.74 Å². The number of rotatable bonds is 8. The van der Waals surface area contributed by atoms with E-state index in [1.54, 1.807) is 38.3 Å². The van der Waals surface area contributed by atoms with E-state index in [2.05, 4.69) is 10.4 Å². The van der Waals surface area contributed by atoms with Gasteiger partial charge in [-0.05, 0) is 31.2 Å². The maximum Gasteiger partial charge on any atom is 0.261 e. The zero-order chi connectivity index (χ0) is 21.7. The van der Waals surface area contributed by atoms with Gasteiger partial charge in [-0.2, -0.15) is 5.10 Å². The number of carbonyl (C=O) groups excluding carboxylic acids is 1. The molecule has 0 unspecified atom stereocenters. The highest BCUT2D eigenvalue weighted by molar-refractivity contribution is 6.30. The standard InChI is InChI=1S/C21H23ClN4O4/c1-13-19(21(27)24-15-9-8-14(22)12-18(15)29-3)20(23)26(25-13)16-6-4-5-7-17(16)30-11-10-28-2/h4-9,12H,10-11,23H2,1-3H3,(H,24,27). The number of benzene rings is 2. The molecule has 8 nitrogen and oxygen atoms in total. The molecule has 3 rings (SSSR count). The largest absolute Gasteiger partial charge is 0.495 e. The first kappa shape index (κ1) is 21.5. The van der Waals surface area contributed by atoms with Crippen molar-refractivity contribution in [3.8, 4) is 17.2 Å². The average molecular weight is 431 g/mol. The summed E-state index contributed by atoms with van der Waals surface area (Å²) in [7, 11) is 3.10. The quantitative estimate of drug-likeness (QED) is 0.528. The van der Waals surface area contributed by atoms with Crippen molar-refractivity contribution in [1.29, 1.82) is 0 Å². The summed E-state index contributed by atoms with van der Waals surface area (Å²) >= 11 is 5.99. The fraction of sp³-hybridized carbons (Fsp3) is 0.238. The Kier molecular flexibility index (Phi) is 6.81. The lowest BCUT2D eigenvalue weighted by atomic mass is 10.2. The summed E-state index contributed by atoms with van der Waals surface area (Å²) in [6.07, 6.45) is 0. The third-order valence-corrected chi connectivity index (χ3v) is 4.61. The van der Waals surface area contributed by atoms with Crippen molar-refractivity contribution >= 4 is 29.0 Å². The Morgan fingerprint density at radius 1 is 1.17 bits per heavy atom. The van der Waals surface area contributed by atoms with Crippen LogP contribution >= 0.6 is 11.6 Å². The minimum absolute atomic E-state index is 0.195. The summed E-state index contributed by atoms with van der Waals surface area (Å²) in [5.41, 5.74) is 8.15. The van der Waals surface area contributed by atoms with Crippen molar-refractivity contribution < 1.29 is 19.0 Å². The molecule has 0 fully saturated rings. The van der Waals surface area contributed by atoms with Crippen LogP contribution in [0.4, 0.5) is 11.5 Å². The summed E-state index contributed by atoms with van der Waals surface area (Å²) in [6, 6.07) is 12.2. The monoisotopic (exact) mass is 430 g/mol. The molecule has 0 atom stereocenters. The number of halogens is 1. The lowest BCUT2D eigenvalue weighted by Gasteiger charge is -2.13. The summed E-state index contributed by atoms with van der Waals surface area (Å²) in [6.45, 7) is 2.53. The highest BCUT2D eigenvalue weighted by Gasteiger charge is 2.23. The van der Waals surface area contributed by atoms with Gasteiger partial charge in [0.2, 0.25) is 0 Å². The van der Waals surface area contributed by atoms with E-state index in [1.165, 1.54) is 11.8 Å². The van der Waals surface area contributed by atoms with Crippen molar-refractivity contribution in [3.63, 3.8) is 0 Å². The number of aryl methyl sites for hydroxylation is 1. The molecule has 0 saturated heterocycles. The van der Waals surface area contributed by atoms with Crippen molar-refractivity contribution in [3.05, 3.63) is 58.7 Å². The molecule has 0 saturated carbocycles. The molecule has 3 N–H and O–H groups in total. The van der Waals surface area contributed by atoms with Crippen LogP contribution in [0.15, 0.2) is 42.5 Å². The van der Waals surface area contributed by atoms with Gasteiger partial charge < -0.3 is 25.3 Å². The second-order valence-corrected chi connectivity index (χ2v) is 6.80. The molecule has 0 aliphatic carbocycles. The molecule has 1 amide bonds. The van der Waals surface area contributed by atoms with Crippen molar-refractivity contribution in [2.75, 3.05) is 38.5 Å². The molecule has 2 aromatic carbocycles. The van der Waals surface area contributed by atoms with E-state index in [0.717, 1.165) is 0 Å². The van der Waals surface area contributed by atoms with Gasteiger partial charge in [0.1, 0.15) is 35.2 Å². The maximum absolute atomic E-state index is 13.0. The molecule has 0 spiro atoms. The molecule has 1 heterocycles. The summed E-state index contributed by atoms with van der Waals surface area (Å²) in [5, 5.41) is 7.76. The smallest absolute Gasteiger partial charge is 0.261 e. The molecule has 158 valence electrons. The van der Waals surface area contributed by atoms with Crippen molar-refractivity contribution in [1.82, 2.24) is 9.78 Å². The molecule has 30 heavy (non-hydrogen) atoms. The lowest BCUT2D eigenvalue weighted by molar-refractivity contribution is 0.102. The Morgan fingerprint density at radius 2 is 1.93 bits per heavy atom. The zero-order valence-electron chi connectivity index (χ0n) is 16.9. The third-order valence-electron chi connectivity index (χ3n) is 4.37. The normalized spacial score (nSPS) is 10.7. The van der Waals surface area contributed by atoms with Gasteiger partial charge in [-0.3, -0.25) is 4.79 Å². The van der Waals surface area contributed by atoms with Crippen LogP contribution in [0.3, 0.4) is 0 Å². The zero-order valence-corrected chi connectivity index (χ0v) is 17.7. The number of hydrogen-bond donors (Lipinski definition) is 2. The van der Waals surface area contributed by atoms with Crippen LogP contribution in [0.1, 0.15) is 16.1 Å². The molecule has 0 aliphatic heterocycles. The van der Waals surface area contributed by atoms with Crippen LogP contribution in [0.2, 0.25) is 5.02 Å². The van der Waals surface area contributed by atoms with E-state index < -0.39 is 5.91 Å². The number of nitrogens with one attached hydrogen (secondary N) is 1. The van der Waals surface area contributed by atoms with E-state index in [9.17, 15) is 4.79 Å². The van der Waals surface area contributed by atoms with Gasteiger partial charge in [-0.25, -0.2) is 4.68 Å². The Bertz CT molecular complexity index is 1050. The fourth-order valence-corrected chi connectivity index (χ4v) is 3.11. The number of nitrogen functional groups attached to an aromatic ring is 1. The average Bonchev–Trinajstić information content (AvgIpc) is 3.03. The first-order chi connectivity index (χ1) is 14.5. The number of nitrogens with two attached hydrogens (primary N) is 1. The number of nitrogens with zero attached hydrogens (tertiary/aromatic N) is 2. The van der Waals surface area contributed by atoms with Gasteiger partial charge in [-0.1, -0.05) is 23.7 Å². The molecule has 0 aliphatic rings. The molecule has 1 aromatic heterocycles. The van der Waals surface area contributed by atoms with Gasteiger partial charge in [0, 0.05) is 18.2 Å². The van der Waals surface area contributed by atoms with Gasteiger partial charge in [0.05, 0.1) is 25.1 Å². The number of aromatic nitrogens is 2. The molecule has 0 bridgehead atoms. The number of para-hydroxylation sites is 2. The Labute approximate surface area is 179 Å². The Hall–Kier alpha value is -3.23. The number of hydrogen-bond acceptors (Lipinski definition) is 6. The first-order valence-electron chi connectivity index (χ1n) is 9.17. The second-order valence-electron chi connectivity index (χ2n) is 6.37. The SMILES string of the molecule is COCCOc1ccccc1-n1nc(C)c(C(=O)Nc2ccc(Cl)cc2OC)c1N. The van der Waals surface area contributed by atoms with Crippen LogP contribution in [-0.4, -0.2) is 43.1 Å². The van der Waals surface area contributed by atoms with E-state index >= 15 is 0 Å². The van der Waals surface area contributed by atoms with Crippen molar-refractivity contribution in [2.24, 2.45) is 0 Å². The second kappa shape index (κ2) is 9.51. The molecule has 3 aromatic rings. The van der Waals surface area contributed by atoms with Crippen molar-refractivity contribution in [2.45, 2.75) is 6.92 Å². The van der Waals surface area contributed by atoms with Gasteiger partial charge in [-0.15, -0.1) is 0 Å². The van der Waals surface area contributed by atoms with Gasteiger partial charge in [0.15, 0.2) is 0 Å². The number of ether oxygens (including phenoxy) is 3. The summed E-state index contributed by atoms with van der Waals surface area (Å²) in [4.78, 5) is 13.0. The highest BCUT2D eigenvalue weighted by atomic mass is 35.5. The number of methoxy groups -OCH3 is 2. The lowest BCUT2D eigenvalue weighted by Crippen LogP contribution is -2.15. The minimum Gasteiger partial charge on any atom is -0.495 e. The van der Waals surface area contributed by atoms with Crippen LogP contribution < -0.4 is 20.5 Å². The van der Waals surface area contributed by atoms with Crippen LogP contribution in [0.5, 0.6) is 11.5 Å². The van der Waals surface area contributed by atoms with E-state index in [0.29, 0.717) is 46.8 Å².